The van der Waals surface area contributed by atoms with E-state index in [0.29, 0.717) is 0 Å². The quantitative estimate of drug-likeness (QED) is 0.823. The van der Waals surface area contributed by atoms with Crippen molar-refractivity contribution in [2.75, 3.05) is 31.6 Å². The molecule has 98 valence electrons. The number of nitrogens with one attached hydrogen (secondary N) is 1. The molecule has 1 N–H and O–H groups in total. The van der Waals surface area contributed by atoms with Gasteiger partial charge in [0.25, 0.3) is 0 Å². The van der Waals surface area contributed by atoms with Crippen LogP contribution < -0.4 is 10.2 Å². The summed E-state index contributed by atoms with van der Waals surface area (Å²) in [5, 5.41) is 3.47. The Balaban J connectivity index is 2.19. The zero-order chi connectivity index (χ0) is 12.8. The number of rotatable bonds is 1. The molecule has 3 heteroatoms. The first-order valence-corrected chi connectivity index (χ1v) is 6.78. The van der Waals surface area contributed by atoms with Crippen LogP contribution in [-0.4, -0.2) is 26.7 Å². The molecule has 0 spiro atoms. The fraction of sp³-hybridized carbons (Fsp3) is 0.600. The fourth-order valence-electron chi connectivity index (χ4n) is 3.21. The first kappa shape index (κ1) is 12.0. The molecular weight excluding hydrogens is 224 g/mol. The largest absolute Gasteiger partial charge is 0.370 e. The number of benzene rings is 1. The molecule has 18 heavy (non-hydrogen) atoms. The van der Waals surface area contributed by atoms with Crippen LogP contribution in [0, 0.1) is 0 Å². The minimum atomic E-state index is 0.0267. The van der Waals surface area contributed by atoms with E-state index >= 15 is 0 Å². The van der Waals surface area contributed by atoms with Gasteiger partial charge in [0.2, 0.25) is 0 Å². The summed E-state index contributed by atoms with van der Waals surface area (Å²) in [4.78, 5) is 2.52. The van der Waals surface area contributed by atoms with Gasteiger partial charge in [-0.2, -0.15) is 0 Å². The number of para-hydroxylation sites is 1. The van der Waals surface area contributed by atoms with Crippen LogP contribution in [0.3, 0.4) is 0 Å². The van der Waals surface area contributed by atoms with Gasteiger partial charge in [0.15, 0.2) is 0 Å². The van der Waals surface area contributed by atoms with Crippen molar-refractivity contribution in [3.63, 3.8) is 0 Å². The van der Waals surface area contributed by atoms with E-state index in [-0.39, 0.29) is 11.6 Å². The average molecular weight is 246 g/mol. The lowest BCUT2D eigenvalue weighted by atomic mass is 9.76. The number of ether oxygens (including phenoxy) is 1. The lowest BCUT2D eigenvalue weighted by molar-refractivity contribution is 0.0770. The molecule has 0 aromatic heterocycles. The second-order valence-electron chi connectivity index (χ2n) is 5.93. The van der Waals surface area contributed by atoms with Crippen molar-refractivity contribution in [3.8, 4) is 0 Å². The smallest absolute Gasteiger partial charge is 0.135 e. The molecule has 0 fully saturated rings. The maximum Gasteiger partial charge on any atom is 0.135 e. The molecule has 3 nitrogen and oxygen atoms in total. The standard InChI is InChI=1S/C15H22N2O/c1-15(2)7-9-17-10-8-16-14(18-3)11-5-4-6-12(15)13(11)17/h4-6,14,16H,7-10H2,1-3H3. The number of hydrogen-bond donors (Lipinski definition) is 1. The van der Waals surface area contributed by atoms with Crippen molar-refractivity contribution < 1.29 is 4.74 Å². The summed E-state index contributed by atoms with van der Waals surface area (Å²) in [7, 11) is 1.78. The third kappa shape index (κ3) is 1.73. The Kier molecular flexibility index (Phi) is 2.83. The minimum Gasteiger partial charge on any atom is -0.370 e. The van der Waals surface area contributed by atoms with Gasteiger partial charge in [-0.05, 0) is 17.4 Å². The van der Waals surface area contributed by atoms with Crippen LogP contribution in [0.4, 0.5) is 5.69 Å². The zero-order valence-corrected chi connectivity index (χ0v) is 11.5. The van der Waals surface area contributed by atoms with E-state index in [2.05, 4.69) is 42.3 Å². The van der Waals surface area contributed by atoms with Gasteiger partial charge in [-0.15, -0.1) is 0 Å². The van der Waals surface area contributed by atoms with E-state index in [1.165, 1.54) is 23.2 Å². The summed E-state index contributed by atoms with van der Waals surface area (Å²) in [6.07, 6.45) is 1.25. The Morgan fingerprint density at radius 3 is 2.94 bits per heavy atom. The topological polar surface area (TPSA) is 24.5 Å². The van der Waals surface area contributed by atoms with E-state index in [9.17, 15) is 0 Å². The minimum absolute atomic E-state index is 0.0267. The van der Waals surface area contributed by atoms with Gasteiger partial charge in [-0.3, -0.25) is 5.32 Å². The molecule has 0 amide bonds. The van der Waals surface area contributed by atoms with Crippen LogP contribution in [-0.2, 0) is 10.2 Å². The predicted octanol–water partition coefficient (Wildman–Crippen LogP) is 2.42. The van der Waals surface area contributed by atoms with Crippen molar-refractivity contribution in [2.24, 2.45) is 0 Å². The highest BCUT2D eigenvalue weighted by molar-refractivity contribution is 5.65. The lowest BCUT2D eigenvalue weighted by Gasteiger charge is -2.40. The maximum absolute atomic E-state index is 5.60. The monoisotopic (exact) mass is 246 g/mol. The lowest BCUT2D eigenvalue weighted by Crippen LogP contribution is -2.39. The molecule has 2 heterocycles. The molecule has 1 aromatic carbocycles. The number of methoxy groups -OCH3 is 1. The van der Waals surface area contributed by atoms with Crippen molar-refractivity contribution in [2.45, 2.75) is 31.9 Å². The SMILES string of the molecule is COC1NCCN2CCC(C)(C)c3cccc1c32. The summed E-state index contributed by atoms with van der Waals surface area (Å²) in [5.74, 6) is 0. The molecule has 0 saturated carbocycles. The third-order valence-corrected chi connectivity index (χ3v) is 4.35. The van der Waals surface area contributed by atoms with Gasteiger partial charge in [0, 0.05) is 38.0 Å². The molecule has 0 saturated heterocycles. The second kappa shape index (κ2) is 4.25. The van der Waals surface area contributed by atoms with Crippen molar-refractivity contribution in [3.05, 3.63) is 29.3 Å². The van der Waals surface area contributed by atoms with Crippen LogP contribution in [0.2, 0.25) is 0 Å². The number of nitrogens with zero attached hydrogens (tertiary/aromatic N) is 1. The van der Waals surface area contributed by atoms with Crippen molar-refractivity contribution >= 4 is 5.69 Å². The van der Waals surface area contributed by atoms with E-state index in [0.717, 1.165) is 19.6 Å². The van der Waals surface area contributed by atoms with Crippen LogP contribution in [0.25, 0.3) is 0 Å². The average Bonchev–Trinajstić information content (AvgIpc) is 2.54. The second-order valence-corrected chi connectivity index (χ2v) is 5.93. The molecule has 2 aliphatic rings. The first-order valence-electron chi connectivity index (χ1n) is 6.78. The van der Waals surface area contributed by atoms with E-state index in [1.54, 1.807) is 7.11 Å². The Hall–Kier alpha value is -1.06. The van der Waals surface area contributed by atoms with Gasteiger partial charge < -0.3 is 9.64 Å². The van der Waals surface area contributed by atoms with Crippen LogP contribution in [0.1, 0.15) is 37.6 Å². The molecule has 1 atom stereocenters. The number of anilines is 1. The summed E-state index contributed by atoms with van der Waals surface area (Å²) in [6, 6.07) is 6.64. The zero-order valence-electron chi connectivity index (χ0n) is 11.5. The van der Waals surface area contributed by atoms with Gasteiger partial charge in [0.1, 0.15) is 6.23 Å². The Bertz CT molecular complexity index is 456. The highest BCUT2D eigenvalue weighted by Gasteiger charge is 2.35. The van der Waals surface area contributed by atoms with Crippen LogP contribution in [0.5, 0.6) is 0 Å². The van der Waals surface area contributed by atoms with E-state index in [1.807, 2.05) is 0 Å². The Labute approximate surface area is 109 Å². The van der Waals surface area contributed by atoms with E-state index in [4.69, 9.17) is 4.74 Å². The third-order valence-electron chi connectivity index (χ3n) is 4.35. The maximum atomic E-state index is 5.60. The highest BCUT2D eigenvalue weighted by atomic mass is 16.5. The van der Waals surface area contributed by atoms with Crippen LogP contribution >= 0.6 is 0 Å². The number of hydrogen-bond acceptors (Lipinski definition) is 3. The Morgan fingerprint density at radius 1 is 1.33 bits per heavy atom. The van der Waals surface area contributed by atoms with Crippen molar-refractivity contribution in [1.82, 2.24) is 5.32 Å². The molecule has 2 aliphatic heterocycles. The van der Waals surface area contributed by atoms with Crippen molar-refractivity contribution in [1.29, 1.82) is 0 Å². The normalized spacial score (nSPS) is 25.5. The highest BCUT2D eigenvalue weighted by Crippen LogP contribution is 2.43. The molecule has 3 rings (SSSR count). The fourth-order valence-corrected chi connectivity index (χ4v) is 3.21. The van der Waals surface area contributed by atoms with Gasteiger partial charge in [0.05, 0.1) is 0 Å². The summed E-state index contributed by atoms with van der Waals surface area (Å²) >= 11 is 0. The molecule has 1 aromatic rings. The molecule has 0 radical (unpaired) electrons. The summed E-state index contributed by atoms with van der Waals surface area (Å²) in [5.41, 5.74) is 4.44. The predicted molar refractivity (Wildman–Crippen MR) is 74.1 cm³/mol. The first-order chi connectivity index (χ1) is 8.63. The molecular formula is C15H22N2O. The van der Waals surface area contributed by atoms with E-state index < -0.39 is 0 Å². The molecule has 1 unspecified atom stereocenters. The molecule has 0 aliphatic carbocycles. The molecule has 0 bridgehead atoms. The van der Waals surface area contributed by atoms with Gasteiger partial charge in [-0.1, -0.05) is 32.0 Å². The van der Waals surface area contributed by atoms with Gasteiger partial charge >= 0.3 is 0 Å². The van der Waals surface area contributed by atoms with Crippen LogP contribution in [0.15, 0.2) is 18.2 Å². The summed E-state index contributed by atoms with van der Waals surface area (Å²) < 4.78 is 5.60. The van der Waals surface area contributed by atoms with Gasteiger partial charge in [-0.25, -0.2) is 0 Å². The summed E-state index contributed by atoms with van der Waals surface area (Å²) in [6.45, 7) is 7.89. The Morgan fingerprint density at radius 2 is 2.17 bits per heavy atom.